The van der Waals surface area contributed by atoms with Crippen LogP contribution in [0.15, 0.2) is 219 Å². The van der Waals surface area contributed by atoms with Gasteiger partial charge < -0.3 is 4.74 Å². The van der Waals surface area contributed by atoms with Crippen LogP contribution in [0.3, 0.4) is 0 Å². The van der Waals surface area contributed by atoms with Crippen LogP contribution in [0.5, 0.6) is 11.5 Å². The first kappa shape index (κ1) is 34.7. The van der Waals surface area contributed by atoms with Crippen molar-refractivity contribution in [1.29, 1.82) is 0 Å². The molecule has 0 N–H and O–H groups in total. The van der Waals surface area contributed by atoms with Crippen LogP contribution in [0.1, 0.15) is 30.4 Å². The molecule has 11 rings (SSSR count). The van der Waals surface area contributed by atoms with Crippen LogP contribution in [-0.4, -0.2) is 14.1 Å². The zero-order chi connectivity index (χ0) is 45.1. The number of hydrogen-bond acceptors (Lipinski definition) is 2. The average molecular weight is 817 g/mol. The van der Waals surface area contributed by atoms with Crippen molar-refractivity contribution in [2.75, 3.05) is 0 Å². The minimum absolute atomic E-state index is 0.0229. The minimum Gasteiger partial charge on any atom is -0.457 e. The second kappa shape index (κ2) is 15.5. The second-order valence-corrected chi connectivity index (χ2v) is 16.9. The Morgan fingerprint density at radius 1 is 0.540 bits per heavy atom. The minimum atomic E-state index is -0.556. The smallest absolute Gasteiger partial charge is 0.255 e. The van der Waals surface area contributed by atoms with Gasteiger partial charge in [-0.25, -0.2) is 4.98 Å². The van der Waals surface area contributed by atoms with Gasteiger partial charge in [-0.1, -0.05) is 154 Å². The van der Waals surface area contributed by atoms with Gasteiger partial charge in [0.1, 0.15) is 28.7 Å². The lowest BCUT2D eigenvalue weighted by molar-refractivity contribution is -0.566. The van der Waals surface area contributed by atoms with E-state index >= 15 is 0 Å². The van der Waals surface area contributed by atoms with E-state index in [1.807, 2.05) is 67.8 Å². The summed E-state index contributed by atoms with van der Waals surface area (Å²) in [5.41, 5.74) is 12.4. The number of nitrogens with zero attached hydrogens (tertiary/aromatic N) is 4. The van der Waals surface area contributed by atoms with Gasteiger partial charge in [-0.3, -0.25) is 4.57 Å². The second-order valence-electron chi connectivity index (χ2n) is 16.9. The number of pyridine rings is 1. The van der Waals surface area contributed by atoms with Gasteiger partial charge in [0.05, 0.1) is 15.1 Å². The summed E-state index contributed by atoms with van der Waals surface area (Å²) >= 11 is 0. The largest absolute Gasteiger partial charge is 0.457 e. The molecule has 0 bridgehead atoms. The summed E-state index contributed by atoms with van der Waals surface area (Å²) in [6.07, 6.45) is 2.01. The lowest BCUT2D eigenvalue weighted by atomic mass is 9.88. The topological polar surface area (TPSA) is 35.9 Å². The number of hydrogen-bond donors (Lipinski definition) is 0. The van der Waals surface area contributed by atoms with E-state index in [1.54, 1.807) is 0 Å². The quantitative estimate of drug-likeness (QED) is 0.143. The molecule has 0 saturated heterocycles. The molecule has 8 aromatic carbocycles. The third-order valence-corrected chi connectivity index (χ3v) is 11.8. The molecule has 0 spiro atoms. The van der Waals surface area contributed by atoms with Gasteiger partial charge in [0, 0.05) is 40.2 Å². The van der Waals surface area contributed by atoms with Crippen molar-refractivity contribution < 1.29 is 13.4 Å². The van der Waals surface area contributed by atoms with Crippen molar-refractivity contribution >= 4 is 32.8 Å². The molecule has 0 aliphatic carbocycles. The van der Waals surface area contributed by atoms with Crippen LogP contribution in [0.25, 0.3) is 83.4 Å². The molecule has 5 nitrogen and oxygen atoms in total. The molecule has 3 aromatic heterocycles. The van der Waals surface area contributed by atoms with E-state index in [0.717, 1.165) is 77.6 Å². The van der Waals surface area contributed by atoms with E-state index in [9.17, 15) is 1.37 Å². The summed E-state index contributed by atoms with van der Waals surface area (Å²) in [4.78, 5) is 4.63. The molecule has 0 radical (unpaired) electrons. The maximum atomic E-state index is 9.48. The maximum Gasteiger partial charge on any atom is 0.255 e. The van der Waals surface area contributed by atoms with E-state index in [2.05, 4.69) is 172 Å². The van der Waals surface area contributed by atoms with E-state index in [4.69, 9.17) is 7.48 Å². The summed E-state index contributed by atoms with van der Waals surface area (Å²) < 4.78 is 40.3. The molecule has 0 fully saturated rings. The number of imidazole rings is 1. The highest BCUT2D eigenvalue weighted by atomic mass is 16.5. The Bertz CT molecular complexity index is 3570. The zero-order valence-electron chi connectivity index (χ0n) is 38.2. The highest BCUT2D eigenvalue weighted by Gasteiger charge is 2.25. The first-order chi connectivity index (χ1) is 32.1. The fraction of sp³-hybridized carbons (Fsp3) is 0.0690. The number of para-hydroxylation sites is 3. The maximum absolute atomic E-state index is 9.48. The Kier molecular flexibility index (Phi) is 8.51. The molecule has 0 aliphatic rings. The number of benzene rings is 8. The van der Waals surface area contributed by atoms with Gasteiger partial charge in [-0.05, 0) is 93.8 Å². The molecule has 0 amide bonds. The standard InChI is InChI=1S/C58H45N4O/c1-58(2,3)44-33-34-59-56(36-44)62-52-32-29-43(40-17-7-4-8-18-40)35-51(52)50-31-30-47(38-55(50)62)63-46-24-15-23-45(37-46)60-39-61(54-28-14-13-27-53(54)60)57-48(41-19-9-5-10-20-41)25-16-26-49(57)42-21-11-6-12-22-42/h4-39H,1-3H3/q+1/i33D,34D,36D. The predicted molar refractivity (Wildman–Crippen MR) is 258 cm³/mol. The third-order valence-electron chi connectivity index (χ3n) is 11.8. The summed E-state index contributed by atoms with van der Waals surface area (Å²) in [6, 6.07) is 67.0. The molecule has 5 heteroatoms. The summed E-state index contributed by atoms with van der Waals surface area (Å²) in [6.45, 7) is 5.92. The van der Waals surface area contributed by atoms with Gasteiger partial charge in [-0.15, -0.1) is 0 Å². The normalized spacial score (nSPS) is 12.4. The summed E-state index contributed by atoms with van der Waals surface area (Å²) in [5.74, 6) is 1.57. The van der Waals surface area contributed by atoms with Crippen molar-refractivity contribution in [2.45, 2.75) is 26.2 Å². The van der Waals surface area contributed by atoms with Crippen molar-refractivity contribution in [2.24, 2.45) is 0 Å². The van der Waals surface area contributed by atoms with Crippen LogP contribution in [0, 0.1) is 0 Å². The molecular weight excluding hydrogens is 769 g/mol. The van der Waals surface area contributed by atoms with Gasteiger partial charge in [0.25, 0.3) is 6.33 Å². The third kappa shape index (κ3) is 6.94. The Morgan fingerprint density at radius 2 is 1.19 bits per heavy atom. The lowest BCUT2D eigenvalue weighted by Crippen LogP contribution is -2.30. The fourth-order valence-electron chi connectivity index (χ4n) is 8.72. The van der Waals surface area contributed by atoms with Crippen LogP contribution in [-0.2, 0) is 5.41 Å². The van der Waals surface area contributed by atoms with Gasteiger partial charge >= 0.3 is 0 Å². The van der Waals surface area contributed by atoms with Gasteiger partial charge in [-0.2, -0.15) is 9.13 Å². The highest BCUT2D eigenvalue weighted by Crippen LogP contribution is 2.39. The molecule has 11 aromatic rings. The summed E-state index contributed by atoms with van der Waals surface area (Å²) in [5, 5.41) is 1.94. The predicted octanol–water partition coefficient (Wildman–Crippen LogP) is 14.5. The van der Waals surface area contributed by atoms with Gasteiger partial charge in [0.2, 0.25) is 0 Å². The van der Waals surface area contributed by atoms with E-state index in [0.29, 0.717) is 22.9 Å². The molecule has 0 aliphatic heterocycles. The Hall–Kier alpha value is -8.02. The van der Waals surface area contributed by atoms with Crippen LogP contribution in [0.4, 0.5) is 0 Å². The Morgan fingerprint density at radius 3 is 1.90 bits per heavy atom. The number of ether oxygens (including phenoxy) is 1. The van der Waals surface area contributed by atoms with Crippen LogP contribution in [0.2, 0.25) is 0 Å². The molecule has 302 valence electrons. The van der Waals surface area contributed by atoms with E-state index in [-0.39, 0.29) is 18.3 Å². The zero-order valence-corrected chi connectivity index (χ0v) is 35.2. The first-order valence-corrected chi connectivity index (χ1v) is 21.3. The Labute approximate surface area is 371 Å². The number of fused-ring (bicyclic) bond motifs is 4. The van der Waals surface area contributed by atoms with Crippen LogP contribution >= 0.6 is 0 Å². The molecular formula is C58H45N4O+. The number of aromatic nitrogens is 4. The first-order valence-electron chi connectivity index (χ1n) is 22.8. The molecule has 3 heterocycles. The SMILES string of the molecule is [2H]c1nc(-n2c3ccc(-c4ccccc4)cc3c3ccc(Oc4cccc(-n5c[n+](-c6c(-c7ccccc7)cccc6-c6ccccc6)c6ccccc65)c4)cc32)c([2H])c(C(C)(C)C)c1[2H]. The molecule has 0 unspecified atom stereocenters. The van der Waals surface area contributed by atoms with Gasteiger partial charge in [0.15, 0.2) is 11.0 Å². The molecule has 0 atom stereocenters. The molecule has 0 saturated carbocycles. The van der Waals surface area contributed by atoms with E-state index < -0.39 is 5.41 Å². The fourth-order valence-corrected chi connectivity index (χ4v) is 8.72. The van der Waals surface area contributed by atoms with E-state index in [1.165, 1.54) is 0 Å². The van der Waals surface area contributed by atoms with Crippen molar-refractivity contribution in [3.8, 4) is 62.1 Å². The monoisotopic (exact) mass is 816 g/mol. The highest BCUT2D eigenvalue weighted by molar-refractivity contribution is 6.10. The summed E-state index contributed by atoms with van der Waals surface area (Å²) in [7, 11) is 0. The van der Waals surface area contributed by atoms with Crippen molar-refractivity contribution in [1.82, 2.24) is 14.1 Å². The lowest BCUT2D eigenvalue weighted by Gasteiger charge is -2.20. The van der Waals surface area contributed by atoms with Crippen molar-refractivity contribution in [3.05, 3.63) is 224 Å². The average Bonchev–Trinajstić information content (AvgIpc) is 3.88. The van der Waals surface area contributed by atoms with Crippen molar-refractivity contribution in [3.63, 3.8) is 0 Å². The number of rotatable bonds is 8. The van der Waals surface area contributed by atoms with Crippen LogP contribution < -0.4 is 9.30 Å². The molecule has 63 heavy (non-hydrogen) atoms. The Balaban J connectivity index is 1.05.